The maximum Gasteiger partial charge on any atom is 0.304 e. The second-order valence-corrected chi connectivity index (χ2v) is 4.72. The van der Waals surface area contributed by atoms with Crippen LogP contribution in [0.3, 0.4) is 0 Å². The predicted molar refractivity (Wildman–Crippen MR) is 75.8 cm³/mol. The molecule has 0 saturated heterocycles. The number of carboxylic acid groups (broad SMARTS) is 1. The molecule has 1 rings (SSSR count). The normalized spacial score (nSPS) is 10.3. The van der Waals surface area contributed by atoms with E-state index in [1.165, 1.54) is 0 Å². The Labute approximate surface area is 121 Å². The molecule has 106 valence electrons. The lowest BCUT2D eigenvalue weighted by molar-refractivity contribution is -0.136. The molecule has 1 aromatic rings. The minimum atomic E-state index is -0.807. The third kappa shape index (κ3) is 5.08. The first kappa shape index (κ1) is 15.8. The highest BCUT2D eigenvalue weighted by molar-refractivity contribution is 9.10. The summed E-state index contributed by atoms with van der Waals surface area (Å²) in [6.07, 6.45) is 0.106. The average molecular weight is 332 g/mol. The maximum atomic E-state index is 10.4. The first-order chi connectivity index (χ1) is 9.08. The lowest BCUT2D eigenvalue weighted by Gasteiger charge is -2.13. The fourth-order valence-corrected chi connectivity index (χ4v) is 2.19. The fraction of sp³-hybridized carbons (Fsp3) is 0.462. The second-order valence-electron chi connectivity index (χ2n) is 3.86. The number of ether oxygens (including phenoxy) is 2. The number of carbonyl (C=O) groups is 1. The Bertz CT molecular complexity index is 437. The molecule has 0 atom stereocenters. The molecule has 0 aliphatic heterocycles. The maximum absolute atomic E-state index is 10.4. The van der Waals surface area contributed by atoms with Crippen LogP contribution in [0.4, 0.5) is 0 Å². The number of benzene rings is 1. The number of aliphatic carboxylic acids is 1. The standard InChI is InChI=1S/C13H18BrNO4/c1-3-19-13-10(14)6-9(7-11(13)18-2)8-15-5-4-12(16)17/h6-7,15H,3-5,8H2,1-2H3,(H,16,17). The zero-order valence-electron chi connectivity index (χ0n) is 11.0. The van der Waals surface area contributed by atoms with E-state index in [0.29, 0.717) is 31.2 Å². The quantitative estimate of drug-likeness (QED) is 0.716. The number of nitrogens with one attached hydrogen (secondary N) is 1. The van der Waals surface area contributed by atoms with Crippen molar-refractivity contribution in [3.8, 4) is 11.5 Å². The van der Waals surface area contributed by atoms with Crippen LogP contribution in [0.1, 0.15) is 18.9 Å². The van der Waals surface area contributed by atoms with Crippen molar-refractivity contribution in [2.45, 2.75) is 19.9 Å². The van der Waals surface area contributed by atoms with Crippen molar-refractivity contribution in [2.75, 3.05) is 20.3 Å². The SMILES string of the molecule is CCOc1c(Br)cc(CNCCC(=O)O)cc1OC. The number of halogens is 1. The minimum Gasteiger partial charge on any atom is -0.493 e. The van der Waals surface area contributed by atoms with E-state index in [1.807, 2.05) is 19.1 Å². The van der Waals surface area contributed by atoms with Crippen molar-refractivity contribution in [1.29, 1.82) is 0 Å². The highest BCUT2D eigenvalue weighted by Gasteiger charge is 2.11. The van der Waals surface area contributed by atoms with Crippen molar-refractivity contribution >= 4 is 21.9 Å². The van der Waals surface area contributed by atoms with Gasteiger partial charge < -0.3 is 19.9 Å². The van der Waals surface area contributed by atoms with Crippen LogP contribution >= 0.6 is 15.9 Å². The molecule has 0 unspecified atom stereocenters. The Morgan fingerprint density at radius 1 is 1.47 bits per heavy atom. The van der Waals surface area contributed by atoms with Gasteiger partial charge in [-0.05, 0) is 40.5 Å². The van der Waals surface area contributed by atoms with Gasteiger partial charge in [0.2, 0.25) is 0 Å². The first-order valence-electron chi connectivity index (χ1n) is 6.00. The molecule has 0 heterocycles. The van der Waals surface area contributed by atoms with E-state index in [4.69, 9.17) is 14.6 Å². The Hall–Kier alpha value is -1.27. The van der Waals surface area contributed by atoms with Crippen molar-refractivity contribution in [1.82, 2.24) is 5.32 Å². The van der Waals surface area contributed by atoms with Crippen LogP contribution in [0.15, 0.2) is 16.6 Å². The summed E-state index contributed by atoms with van der Waals surface area (Å²) in [5.74, 6) is 0.531. The van der Waals surface area contributed by atoms with Gasteiger partial charge in [0.1, 0.15) is 0 Å². The zero-order valence-corrected chi connectivity index (χ0v) is 12.6. The molecule has 5 nitrogen and oxygen atoms in total. The fourth-order valence-electron chi connectivity index (χ4n) is 1.59. The molecule has 19 heavy (non-hydrogen) atoms. The van der Waals surface area contributed by atoms with E-state index in [9.17, 15) is 4.79 Å². The van der Waals surface area contributed by atoms with E-state index < -0.39 is 5.97 Å². The number of methoxy groups -OCH3 is 1. The van der Waals surface area contributed by atoms with E-state index in [-0.39, 0.29) is 6.42 Å². The number of rotatable bonds is 8. The van der Waals surface area contributed by atoms with Gasteiger partial charge >= 0.3 is 5.97 Å². The summed E-state index contributed by atoms with van der Waals surface area (Å²) in [6, 6.07) is 3.81. The Kier molecular flexibility index (Phi) is 6.66. The van der Waals surface area contributed by atoms with Gasteiger partial charge in [-0.3, -0.25) is 4.79 Å². The van der Waals surface area contributed by atoms with Gasteiger partial charge in [-0.25, -0.2) is 0 Å². The molecule has 0 saturated carbocycles. The van der Waals surface area contributed by atoms with Crippen LogP contribution in [0.5, 0.6) is 11.5 Å². The number of hydrogen-bond acceptors (Lipinski definition) is 4. The molecule has 0 spiro atoms. The van der Waals surface area contributed by atoms with Gasteiger partial charge in [0.25, 0.3) is 0 Å². The monoisotopic (exact) mass is 331 g/mol. The van der Waals surface area contributed by atoms with Crippen molar-refractivity contribution < 1.29 is 19.4 Å². The highest BCUT2D eigenvalue weighted by Crippen LogP contribution is 2.36. The summed E-state index contributed by atoms with van der Waals surface area (Å²) in [4.78, 5) is 10.4. The summed E-state index contributed by atoms with van der Waals surface area (Å²) in [5.41, 5.74) is 0.998. The molecule has 0 bridgehead atoms. The molecule has 0 aromatic heterocycles. The lowest BCUT2D eigenvalue weighted by Crippen LogP contribution is -2.17. The molecule has 0 radical (unpaired) electrons. The molecule has 1 aromatic carbocycles. The summed E-state index contributed by atoms with van der Waals surface area (Å²) in [5, 5.41) is 11.6. The highest BCUT2D eigenvalue weighted by atomic mass is 79.9. The zero-order chi connectivity index (χ0) is 14.3. The summed E-state index contributed by atoms with van der Waals surface area (Å²) in [7, 11) is 1.59. The van der Waals surface area contributed by atoms with Crippen molar-refractivity contribution in [2.24, 2.45) is 0 Å². The second kappa shape index (κ2) is 8.01. The van der Waals surface area contributed by atoms with Gasteiger partial charge in [0.05, 0.1) is 24.6 Å². The van der Waals surface area contributed by atoms with Gasteiger partial charge in [-0.2, -0.15) is 0 Å². The molecule has 0 aliphatic rings. The largest absolute Gasteiger partial charge is 0.493 e. The van der Waals surface area contributed by atoms with Crippen LogP contribution in [0.2, 0.25) is 0 Å². The van der Waals surface area contributed by atoms with Crippen LogP contribution in [-0.4, -0.2) is 31.3 Å². The Morgan fingerprint density at radius 3 is 2.79 bits per heavy atom. The molecule has 0 aliphatic carbocycles. The summed E-state index contributed by atoms with van der Waals surface area (Å²) < 4.78 is 11.6. The lowest BCUT2D eigenvalue weighted by atomic mass is 10.2. The van der Waals surface area contributed by atoms with Gasteiger partial charge in [0, 0.05) is 13.1 Å². The van der Waals surface area contributed by atoms with Crippen LogP contribution in [-0.2, 0) is 11.3 Å². The van der Waals surface area contributed by atoms with Crippen LogP contribution in [0, 0.1) is 0 Å². The molecular weight excluding hydrogens is 314 g/mol. The number of carboxylic acids is 1. The molecule has 2 N–H and O–H groups in total. The minimum absolute atomic E-state index is 0.106. The topological polar surface area (TPSA) is 67.8 Å². The molecule has 6 heteroatoms. The third-order valence-electron chi connectivity index (χ3n) is 2.42. The number of hydrogen-bond donors (Lipinski definition) is 2. The van der Waals surface area contributed by atoms with Crippen LogP contribution < -0.4 is 14.8 Å². The Balaban J connectivity index is 2.69. The van der Waals surface area contributed by atoms with E-state index in [2.05, 4.69) is 21.2 Å². The summed E-state index contributed by atoms with van der Waals surface area (Å²) in [6.45, 7) is 3.48. The first-order valence-corrected chi connectivity index (χ1v) is 6.79. The Morgan fingerprint density at radius 2 is 2.21 bits per heavy atom. The van der Waals surface area contributed by atoms with Gasteiger partial charge in [0.15, 0.2) is 11.5 Å². The van der Waals surface area contributed by atoms with E-state index in [1.54, 1.807) is 7.11 Å². The van der Waals surface area contributed by atoms with Crippen molar-refractivity contribution in [3.05, 3.63) is 22.2 Å². The molecule has 0 fully saturated rings. The van der Waals surface area contributed by atoms with Crippen LogP contribution in [0.25, 0.3) is 0 Å². The predicted octanol–water partition coefficient (Wildman–Crippen LogP) is 2.42. The van der Waals surface area contributed by atoms with Crippen molar-refractivity contribution in [3.63, 3.8) is 0 Å². The third-order valence-corrected chi connectivity index (χ3v) is 3.01. The van der Waals surface area contributed by atoms with Gasteiger partial charge in [-0.15, -0.1) is 0 Å². The van der Waals surface area contributed by atoms with E-state index >= 15 is 0 Å². The van der Waals surface area contributed by atoms with E-state index in [0.717, 1.165) is 10.0 Å². The van der Waals surface area contributed by atoms with Gasteiger partial charge in [-0.1, -0.05) is 0 Å². The molecular formula is C13H18BrNO4. The smallest absolute Gasteiger partial charge is 0.304 e. The average Bonchev–Trinajstić information content (AvgIpc) is 2.37. The summed E-state index contributed by atoms with van der Waals surface area (Å²) >= 11 is 3.45. The molecule has 0 amide bonds.